The number of rotatable bonds is 4. The lowest BCUT2D eigenvalue weighted by Crippen LogP contribution is -2.27. The van der Waals surface area contributed by atoms with Crippen LogP contribution in [0.5, 0.6) is 0 Å². The summed E-state index contributed by atoms with van der Waals surface area (Å²) < 4.78 is 26.8. The topological polar surface area (TPSA) is 66.1 Å². The molecule has 0 aromatic carbocycles. The van der Waals surface area contributed by atoms with Gasteiger partial charge in [-0.3, -0.25) is 0 Å². The first-order chi connectivity index (χ1) is 8.41. The quantitative estimate of drug-likeness (QED) is 0.921. The van der Waals surface area contributed by atoms with Crippen molar-refractivity contribution < 1.29 is 8.42 Å². The van der Waals surface area contributed by atoms with E-state index in [0.29, 0.717) is 10.7 Å². The lowest BCUT2D eigenvalue weighted by atomic mass is 10.5. The summed E-state index contributed by atoms with van der Waals surface area (Å²) in [5, 5.41) is 0. The maximum Gasteiger partial charge on any atom is 0.244 e. The van der Waals surface area contributed by atoms with E-state index in [9.17, 15) is 8.42 Å². The summed E-state index contributed by atoms with van der Waals surface area (Å²) >= 11 is 4.71. The Morgan fingerprint density at radius 3 is 2.78 bits per heavy atom. The molecule has 1 N–H and O–H groups in total. The molecule has 0 radical (unpaired) electrons. The zero-order valence-corrected chi connectivity index (χ0v) is 13.1. The smallest absolute Gasteiger partial charge is 0.244 e. The molecule has 0 aliphatic rings. The summed E-state index contributed by atoms with van der Waals surface area (Å²) in [6.45, 7) is 2.02. The molecule has 0 aliphatic heterocycles. The number of aryl methyl sites for hydroxylation is 1. The summed E-state index contributed by atoms with van der Waals surface area (Å²) in [6, 6.07) is 1.63. The molecule has 0 amide bonds. The number of thiophene rings is 1. The van der Waals surface area contributed by atoms with Crippen molar-refractivity contribution >= 4 is 37.3 Å². The molecule has 0 bridgehead atoms. The van der Waals surface area contributed by atoms with E-state index in [1.807, 2.05) is 0 Å². The highest BCUT2D eigenvalue weighted by Crippen LogP contribution is 2.31. The Hall–Kier alpha value is -0.700. The molecule has 0 atom stereocenters. The monoisotopic (exact) mass is 349 g/mol. The fourth-order valence-electron chi connectivity index (χ4n) is 1.54. The molecule has 2 aromatic heterocycles. The third-order valence-electron chi connectivity index (χ3n) is 2.46. The van der Waals surface area contributed by atoms with Crippen molar-refractivity contribution in [2.45, 2.75) is 18.4 Å². The Morgan fingerprint density at radius 2 is 2.28 bits per heavy atom. The summed E-state index contributed by atoms with van der Waals surface area (Å²) in [6.07, 6.45) is 3.27. The van der Waals surface area contributed by atoms with Gasteiger partial charge < -0.3 is 4.98 Å². The van der Waals surface area contributed by atoms with Gasteiger partial charge in [-0.05, 0) is 28.9 Å². The van der Waals surface area contributed by atoms with E-state index in [2.05, 4.69) is 25.9 Å². The van der Waals surface area contributed by atoms with Crippen molar-refractivity contribution in [2.24, 2.45) is 0 Å². The second kappa shape index (κ2) is 5.12. The van der Waals surface area contributed by atoms with Gasteiger partial charge in [0.1, 0.15) is 5.82 Å². The number of H-pyrrole nitrogens is 1. The van der Waals surface area contributed by atoms with Crippen LogP contribution in [0.1, 0.15) is 10.7 Å². The first-order valence-corrected chi connectivity index (χ1v) is 8.16. The molecule has 0 unspecified atom stereocenters. The highest BCUT2D eigenvalue weighted by Gasteiger charge is 2.25. The first-order valence-electron chi connectivity index (χ1n) is 5.12. The van der Waals surface area contributed by atoms with Gasteiger partial charge in [0.2, 0.25) is 10.0 Å². The van der Waals surface area contributed by atoms with Gasteiger partial charge in [-0.25, -0.2) is 13.4 Å². The SMILES string of the molecule is Cc1sc(Br)cc1S(=O)(=O)N(C)Cc1ncc[nH]1. The molecular formula is C10H12BrN3O2S2. The lowest BCUT2D eigenvalue weighted by Gasteiger charge is -2.15. The van der Waals surface area contributed by atoms with Crippen molar-refractivity contribution in [3.8, 4) is 0 Å². The maximum absolute atomic E-state index is 12.4. The van der Waals surface area contributed by atoms with Gasteiger partial charge in [-0.2, -0.15) is 4.31 Å². The van der Waals surface area contributed by atoms with Gasteiger partial charge in [0, 0.05) is 24.3 Å². The standard InChI is InChI=1S/C10H12BrN3O2S2/c1-7-8(5-9(11)17-7)18(15,16)14(2)6-10-12-3-4-13-10/h3-5H,6H2,1-2H3,(H,12,13). The van der Waals surface area contributed by atoms with Crippen LogP contribution in [0.3, 0.4) is 0 Å². The van der Waals surface area contributed by atoms with Crippen molar-refractivity contribution in [1.82, 2.24) is 14.3 Å². The Morgan fingerprint density at radius 1 is 1.56 bits per heavy atom. The fraction of sp³-hybridized carbons (Fsp3) is 0.300. The maximum atomic E-state index is 12.4. The molecule has 0 aliphatic carbocycles. The van der Waals surface area contributed by atoms with Crippen LogP contribution >= 0.6 is 27.3 Å². The van der Waals surface area contributed by atoms with Crippen LogP contribution in [-0.2, 0) is 16.6 Å². The van der Waals surface area contributed by atoms with Crippen molar-refractivity contribution in [3.63, 3.8) is 0 Å². The number of aromatic nitrogens is 2. The number of hydrogen-bond acceptors (Lipinski definition) is 4. The molecule has 98 valence electrons. The zero-order valence-electron chi connectivity index (χ0n) is 9.84. The van der Waals surface area contributed by atoms with Crippen molar-refractivity contribution in [1.29, 1.82) is 0 Å². The average molecular weight is 350 g/mol. The number of sulfonamides is 1. The minimum Gasteiger partial charge on any atom is -0.347 e. The van der Waals surface area contributed by atoms with Crippen LogP contribution in [0.15, 0.2) is 27.1 Å². The Labute approximate surface area is 118 Å². The van der Waals surface area contributed by atoms with Crippen LogP contribution in [-0.4, -0.2) is 29.7 Å². The first kappa shape index (κ1) is 13.7. The van der Waals surface area contributed by atoms with Crippen LogP contribution in [0, 0.1) is 6.92 Å². The van der Waals surface area contributed by atoms with E-state index in [4.69, 9.17) is 0 Å². The van der Waals surface area contributed by atoms with E-state index in [1.54, 1.807) is 32.4 Å². The summed E-state index contributed by atoms with van der Waals surface area (Å²) in [5.41, 5.74) is 0. The van der Waals surface area contributed by atoms with Crippen LogP contribution in [0.2, 0.25) is 0 Å². The molecule has 2 rings (SSSR count). The lowest BCUT2D eigenvalue weighted by molar-refractivity contribution is 0.458. The third-order valence-corrected chi connectivity index (χ3v) is 6.07. The van der Waals surface area contributed by atoms with Crippen LogP contribution in [0.4, 0.5) is 0 Å². The van der Waals surface area contributed by atoms with E-state index in [0.717, 1.165) is 8.66 Å². The highest BCUT2D eigenvalue weighted by atomic mass is 79.9. The number of halogens is 1. The molecular weight excluding hydrogens is 338 g/mol. The number of hydrogen-bond donors (Lipinski definition) is 1. The number of nitrogens with one attached hydrogen (secondary N) is 1. The van der Waals surface area contributed by atoms with E-state index in [1.165, 1.54) is 15.6 Å². The second-order valence-electron chi connectivity index (χ2n) is 3.77. The second-order valence-corrected chi connectivity index (χ2v) is 8.42. The molecule has 8 heteroatoms. The average Bonchev–Trinajstić information content (AvgIpc) is 2.88. The molecule has 0 spiro atoms. The van der Waals surface area contributed by atoms with E-state index >= 15 is 0 Å². The van der Waals surface area contributed by atoms with Crippen LogP contribution < -0.4 is 0 Å². The predicted molar refractivity (Wildman–Crippen MR) is 74.0 cm³/mol. The number of aromatic amines is 1. The Kier molecular flexibility index (Phi) is 3.90. The molecule has 0 saturated heterocycles. The fourth-order valence-corrected chi connectivity index (χ4v) is 5.05. The molecule has 18 heavy (non-hydrogen) atoms. The number of nitrogens with zero attached hydrogens (tertiary/aromatic N) is 2. The molecule has 0 saturated carbocycles. The van der Waals surface area contributed by atoms with E-state index < -0.39 is 10.0 Å². The largest absolute Gasteiger partial charge is 0.347 e. The van der Waals surface area contributed by atoms with E-state index in [-0.39, 0.29) is 6.54 Å². The highest BCUT2D eigenvalue weighted by molar-refractivity contribution is 9.11. The van der Waals surface area contributed by atoms with Gasteiger partial charge in [0.15, 0.2) is 0 Å². The van der Waals surface area contributed by atoms with Crippen LogP contribution in [0.25, 0.3) is 0 Å². The van der Waals surface area contributed by atoms with Gasteiger partial charge in [-0.15, -0.1) is 11.3 Å². The third kappa shape index (κ3) is 2.66. The van der Waals surface area contributed by atoms with Gasteiger partial charge in [0.25, 0.3) is 0 Å². The van der Waals surface area contributed by atoms with Gasteiger partial charge in [0.05, 0.1) is 15.2 Å². The Bertz CT molecular complexity index is 634. The van der Waals surface area contributed by atoms with Gasteiger partial charge >= 0.3 is 0 Å². The predicted octanol–water partition coefficient (Wildman–Crippen LogP) is 2.36. The zero-order chi connectivity index (χ0) is 13.3. The minimum atomic E-state index is -3.47. The number of imidazole rings is 1. The molecule has 0 fully saturated rings. The van der Waals surface area contributed by atoms with Crippen molar-refractivity contribution in [3.05, 3.63) is 32.9 Å². The summed E-state index contributed by atoms with van der Waals surface area (Å²) in [4.78, 5) is 8.02. The molecule has 2 aromatic rings. The molecule has 5 nitrogen and oxygen atoms in total. The minimum absolute atomic E-state index is 0.224. The Balaban J connectivity index is 2.28. The van der Waals surface area contributed by atoms with Gasteiger partial charge in [-0.1, -0.05) is 0 Å². The summed E-state index contributed by atoms with van der Waals surface area (Å²) in [5.74, 6) is 0.619. The summed E-state index contributed by atoms with van der Waals surface area (Å²) in [7, 11) is -1.93. The van der Waals surface area contributed by atoms with Crippen molar-refractivity contribution in [2.75, 3.05) is 7.05 Å². The normalized spacial score (nSPS) is 12.2. The molecule has 2 heterocycles.